The van der Waals surface area contributed by atoms with E-state index in [9.17, 15) is 9.18 Å². The molecule has 0 aromatic heterocycles. The van der Waals surface area contributed by atoms with Gasteiger partial charge in [0.2, 0.25) is 0 Å². The summed E-state index contributed by atoms with van der Waals surface area (Å²) < 4.78 is 19.0. The lowest BCUT2D eigenvalue weighted by Crippen LogP contribution is -2.52. The molecule has 0 spiro atoms. The maximum absolute atomic E-state index is 13.8. The molecule has 1 atom stereocenters. The number of urea groups is 1. The van der Waals surface area contributed by atoms with Gasteiger partial charge < -0.3 is 19.9 Å². The van der Waals surface area contributed by atoms with E-state index in [-0.39, 0.29) is 17.9 Å². The van der Waals surface area contributed by atoms with Crippen molar-refractivity contribution in [3.63, 3.8) is 0 Å². The number of likely N-dealkylation sites (N-methyl/N-ethyl adjacent to an activating group) is 1. The van der Waals surface area contributed by atoms with E-state index in [0.29, 0.717) is 17.7 Å². The Morgan fingerprint density at radius 3 is 2.49 bits per heavy atom. The summed E-state index contributed by atoms with van der Waals surface area (Å²) in [5.74, 6) is 0.408. The third-order valence-corrected chi connectivity index (χ3v) is 7.82. The second-order valence-corrected chi connectivity index (χ2v) is 10.2. The molecule has 1 saturated heterocycles. The first-order valence-electron chi connectivity index (χ1n) is 13.2. The first-order valence-corrected chi connectivity index (χ1v) is 13.2. The fourth-order valence-electron chi connectivity index (χ4n) is 5.58. The predicted octanol–water partition coefficient (Wildman–Crippen LogP) is 5.60. The van der Waals surface area contributed by atoms with E-state index >= 15 is 0 Å². The monoisotopic (exact) mass is 481 g/mol. The predicted molar refractivity (Wildman–Crippen MR) is 138 cm³/mol. The number of rotatable bonds is 8. The van der Waals surface area contributed by atoms with Crippen molar-refractivity contribution in [2.75, 3.05) is 33.8 Å². The van der Waals surface area contributed by atoms with Crippen LogP contribution < -0.4 is 10.1 Å². The highest BCUT2D eigenvalue weighted by molar-refractivity contribution is 5.74. The van der Waals surface area contributed by atoms with Gasteiger partial charge in [0.25, 0.3) is 0 Å². The normalized spacial score (nSPS) is 18.7. The van der Waals surface area contributed by atoms with E-state index in [1.165, 1.54) is 38.0 Å². The fourth-order valence-corrected chi connectivity index (χ4v) is 5.58. The number of carbonyl (C=O) groups excluding carboxylic acids is 1. The molecule has 1 saturated carbocycles. The van der Waals surface area contributed by atoms with E-state index < -0.39 is 0 Å². The zero-order valence-electron chi connectivity index (χ0n) is 21.2. The van der Waals surface area contributed by atoms with Crippen LogP contribution in [0.25, 0.3) is 0 Å². The highest BCUT2D eigenvalue weighted by atomic mass is 19.1. The molecule has 2 amide bonds. The number of ether oxygens (including phenoxy) is 1. The van der Waals surface area contributed by atoms with E-state index in [0.717, 1.165) is 57.3 Å². The van der Waals surface area contributed by atoms with Gasteiger partial charge in [0.05, 0.1) is 7.11 Å². The molecule has 2 aliphatic rings. The summed E-state index contributed by atoms with van der Waals surface area (Å²) >= 11 is 0. The number of carbonyl (C=O) groups is 1. The molecule has 5 nitrogen and oxygen atoms in total. The number of methoxy groups -OCH3 is 1. The molecule has 4 rings (SSSR count). The number of likely N-dealkylation sites (tertiary alicyclic amines) is 1. The molecular weight excluding hydrogens is 441 g/mol. The van der Waals surface area contributed by atoms with E-state index in [1.54, 1.807) is 0 Å². The van der Waals surface area contributed by atoms with Gasteiger partial charge in [-0.1, -0.05) is 55.7 Å². The minimum Gasteiger partial charge on any atom is -0.494 e. The molecule has 0 unspecified atom stereocenters. The van der Waals surface area contributed by atoms with Crippen LogP contribution in [0.4, 0.5) is 9.18 Å². The Bertz CT molecular complexity index is 940. The Labute approximate surface area is 209 Å². The number of hydrogen-bond acceptors (Lipinski definition) is 3. The highest BCUT2D eigenvalue weighted by Gasteiger charge is 2.28. The quantitative estimate of drug-likeness (QED) is 0.534. The van der Waals surface area contributed by atoms with Crippen LogP contribution in [0.5, 0.6) is 5.75 Å². The van der Waals surface area contributed by atoms with Gasteiger partial charge >= 0.3 is 6.03 Å². The second kappa shape index (κ2) is 12.4. The molecule has 35 heavy (non-hydrogen) atoms. The molecular formula is C29H40FN3O2. The van der Waals surface area contributed by atoms with E-state index in [1.807, 2.05) is 30.1 Å². The molecule has 1 heterocycles. The van der Waals surface area contributed by atoms with Crippen LogP contribution in [0.2, 0.25) is 0 Å². The number of piperidine rings is 1. The Kier molecular flexibility index (Phi) is 9.02. The molecule has 190 valence electrons. The lowest BCUT2D eigenvalue weighted by atomic mass is 9.89. The molecule has 6 heteroatoms. The number of nitrogens with zero attached hydrogens (tertiary/aromatic N) is 2. The average molecular weight is 482 g/mol. The first-order chi connectivity index (χ1) is 17.0. The molecule has 0 bridgehead atoms. The summed E-state index contributed by atoms with van der Waals surface area (Å²) in [6, 6.07) is 16.2. The summed E-state index contributed by atoms with van der Waals surface area (Å²) in [4.78, 5) is 17.6. The second-order valence-electron chi connectivity index (χ2n) is 10.2. The Morgan fingerprint density at radius 1 is 1.09 bits per heavy atom. The van der Waals surface area contributed by atoms with Crippen molar-refractivity contribution in [1.29, 1.82) is 0 Å². The van der Waals surface area contributed by atoms with Gasteiger partial charge in [0, 0.05) is 25.7 Å². The summed E-state index contributed by atoms with van der Waals surface area (Å²) in [7, 11) is 3.46. The van der Waals surface area contributed by atoms with Gasteiger partial charge in [-0.3, -0.25) is 0 Å². The zero-order valence-corrected chi connectivity index (χ0v) is 21.2. The molecule has 2 aromatic carbocycles. The Morgan fingerprint density at radius 2 is 1.80 bits per heavy atom. The standard InChI is InChI=1S/C29H40FN3O2/c1-32(29(34)31-25-11-7-4-8-12-25)26(19-22-9-5-3-6-10-22)21-33-17-15-23(16-18-33)24-13-14-27(30)28(20-24)35-2/h3,5-6,9-10,13-14,20,23,25-26H,4,7-8,11-12,15-19,21H2,1-2H3,(H,31,34)/t26-/m1/s1. The minimum atomic E-state index is -0.313. The average Bonchev–Trinajstić information content (AvgIpc) is 2.90. The van der Waals surface area contributed by atoms with Crippen molar-refractivity contribution >= 4 is 6.03 Å². The Hall–Kier alpha value is -2.60. The van der Waals surface area contributed by atoms with Gasteiger partial charge in [0.15, 0.2) is 11.6 Å². The number of halogens is 1. The molecule has 2 fully saturated rings. The first kappa shape index (κ1) is 25.5. The van der Waals surface area contributed by atoms with Gasteiger partial charge in [-0.25, -0.2) is 9.18 Å². The maximum atomic E-state index is 13.8. The molecule has 0 radical (unpaired) electrons. The Balaban J connectivity index is 1.38. The number of amides is 2. The maximum Gasteiger partial charge on any atom is 0.317 e. The third-order valence-electron chi connectivity index (χ3n) is 7.82. The summed E-state index contributed by atoms with van der Waals surface area (Å²) in [5.41, 5.74) is 2.40. The van der Waals surface area contributed by atoms with Crippen LogP contribution in [0.15, 0.2) is 48.5 Å². The fraction of sp³-hybridized carbons (Fsp3) is 0.552. The van der Waals surface area contributed by atoms with Crippen LogP contribution in [-0.4, -0.2) is 61.7 Å². The highest BCUT2D eigenvalue weighted by Crippen LogP contribution is 2.31. The van der Waals surface area contributed by atoms with Crippen molar-refractivity contribution in [1.82, 2.24) is 15.1 Å². The van der Waals surface area contributed by atoms with Crippen molar-refractivity contribution in [3.05, 3.63) is 65.5 Å². The van der Waals surface area contributed by atoms with Crippen LogP contribution in [0.3, 0.4) is 0 Å². The van der Waals surface area contributed by atoms with Crippen LogP contribution in [0, 0.1) is 5.82 Å². The van der Waals surface area contributed by atoms with Crippen LogP contribution >= 0.6 is 0 Å². The molecule has 2 aromatic rings. The van der Waals surface area contributed by atoms with Crippen LogP contribution in [-0.2, 0) is 6.42 Å². The molecule has 1 aliphatic heterocycles. The van der Waals surface area contributed by atoms with Gasteiger partial charge in [-0.2, -0.15) is 0 Å². The largest absolute Gasteiger partial charge is 0.494 e. The van der Waals surface area contributed by atoms with Crippen LogP contribution in [0.1, 0.15) is 62.0 Å². The number of hydrogen-bond donors (Lipinski definition) is 1. The summed E-state index contributed by atoms with van der Waals surface area (Å²) in [5, 5.41) is 3.29. The van der Waals surface area contributed by atoms with Gasteiger partial charge in [0.1, 0.15) is 0 Å². The smallest absolute Gasteiger partial charge is 0.317 e. The van der Waals surface area contributed by atoms with Crippen molar-refractivity contribution in [3.8, 4) is 5.75 Å². The number of nitrogens with one attached hydrogen (secondary N) is 1. The topological polar surface area (TPSA) is 44.8 Å². The lowest BCUT2D eigenvalue weighted by Gasteiger charge is -2.38. The molecule has 1 N–H and O–H groups in total. The van der Waals surface area contributed by atoms with Crippen molar-refractivity contribution in [2.45, 2.75) is 69.4 Å². The SMILES string of the molecule is COc1cc(C2CCN(C[C@@H](Cc3ccccc3)N(C)C(=O)NC3CCCCC3)CC2)ccc1F. The minimum absolute atomic E-state index is 0.0473. The van der Waals surface area contributed by atoms with Crippen molar-refractivity contribution in [2.24, 2.45) is 0 Å². The third kappa shape index (κ3) is 6.97. The van der Waals surface area contributed by atoms with Crippen molar-refractivity contribution < 1.29 is 13.9 Å². The zero-order chi connectivity index (χ0) is 24.6. The lowest BCUT2D eigenvalue weighted by molar-refractivity contribution is 0.138. The van der Waals surface area contributed by atoms with E-state index in [4.69, 9.17) is 4.74 Å². The van der Waals surface area contributed by atoms with Gasteiger partial charge in [-0.05, 0) is 74.4 Å². The van der Waals surface area contributed by atoms with Gasteiger partial charge in [-0.15, -0.1) is 0 Å². The molecule has 1 aliphatic carbocycles. The van der Waals surface area contributed by atoms with E-state index in [2.05, 4.69) is 34.5 Å². The number of benzene rings is 2. The summed E-state index contributed by atoms with van der Waals surface area (Å²) in [6.45, 7) is 2.78. The summed E-state index contributed by atoms with van der Waals surface area (Å²) in [6.07, 6.45) is 8.74.